The van der Waals surface area contributed by atoms with Gasteiger partial charge in [0.05, 0.1) is 13.2 Å². The molecule has 0 aromatic heterocycles. The molecule has 0 amide bonds. The van der Waals surface area contributed by atoms with Crippen molar-refractivity contribution in [2.45, 2.75) is 118 Å². The fourth-order valence-corrected chi connectivity index (χ4v) is 9.96. The highest BCUT2D eigenvalue weighted by Gasteiger charge is 2.40. The second kappa shape index (κ2) is 26.6. The number of ether oxygens (including phenoxy) is 2. The van der Waals surface area contributed by atoms with E-state index in [2.05, 4.69) is 0 Å². The molecule has 0 saturated heterocycles. The van der Waals surface area contributed by atoms with Crippen LogP contribution in [0, 0.1) is 0 Å². The molecule has 238 valence electrons. The molecule has 12 heteroatoms. The van der Waals surface area contributed by atoms with Crippen LogP contribution in [0.25, 0.3) is 0 Å². The second-order valence-electron chi connectivity index (χ2n) is 9.23. The molecule has 40 heavy (non-hydrogen) atoms. The van der Waals surface area contributed by atoms with Gasteiger partial charge in [-0.3, -0.25) is 0 Å². The van der Waals surface area contributed by atoms with Gasteiger partial charge in [-0.05, 0) is 91.7 Å². The van der Waals surface area contributed by atoms with Crippen LogP contribution in [0.2, 0.25) is 12.1 Å². The highest BCUT2D eigenvalue weighted by Crippen LogP contribution is 2.20. The van der Waals surface area contributed by atoms with Gasteiger partial charge in [0.25, 0.3) is 0 Å². The average molecular weight is 643 g/mol. The first-order valence-corrected chi connectivity index (χ1v) is 20.2. The quantitative estimate of drug-likeness (QED) is 0.0461. The smallest absolute Gasteiger partial charge is 0.487 e. The lowest BCUT2D eigenvalue weighted by atomic mass is 10.1. The first-order valence-electron chi connectivity index (χ1n) is 15.5. The predicted molar refractivity (Wildman–Crippen MR) is 174 cm³/mol. The summed E-state index contributed by atoms with van der Waals surface area (Å²) in [4.78, 5) is 0. The van der Waals surface area contributed by atoms with Gasteiger partial charge < -0.3 is 36.0 Å². The highest BCUT2D eigenvalue weighted by molar-refractivity contribution is 7.80. The van der Waals surface area contributed by atoms with E-state index in [0.29, 0.717) is 63.0 Å². The number of thiocarbonyl (C=S) groups is 2. The maximum atomic E-state index is 5.89. The summed E-state index contributed by atoms with van der Waals surface area (Å²) in [7, 11) is -5.20. The standard InChI is InChI=1S/C28H58O8S2Si2/c1-7-31-39(32-8-2,33-9-3)25-19-23-29-27(37)21-17-15-13-14-16-18-22-28(38)30-24-20-26-40(34-10-4,35-11-5)36-12-6/h7-26H2,1-6H3. The Morgan fingerprint density at radius 1 is 0.425 bits per heavy atom. The van der Waals surface area contributed by atoms with E-state index in [9.17, 15) is 0 Å². The summed E-state index contributed by atoms with van der Waals surface area (Å²) in [6, 6.07) is 1.50. The van der Waals surface area contributed by atoms with E-state index in [-0.39, 0.29) is 0 Å². The van der Waals surface area contributed by atoms with E-state index >= 15 is 0 Å². The van der Waals surface area contributed by atoms with Crippen molar-refractivity contribution >= 4 is 52.1 Å². The molecule has 0 radical (unpaired) electrons. The molecule has 0 aliphatic heterocycles. The van der Waals surface area contributed by atoms with Crippen molar-refractivity contribution in [3.05, 3.63) is 0 Å². The van der Waals surface area contributed by atoms with Crippen molar-refractivity contribution in [2.24, 2.45) is 0 Å². The number of hydrogen-bond acceptors (Lipinski definition) is 10. The van der Waals surface area contributed by atoms with Crippen LogP contribution in [-0.4, -0.2) is 80.6 Å². The molecule has 0 aromatic carbocycles. The van der Waals surface area contributed by atoms with Crippen LogP contribution < -0.4 is 0 Å². The van der Waals surface area contributed by atoms with Crippen LogP contribution in [0.5, 0.6) is 0 Å². The predicted octanol–water partition coefficient (Wildman–Crippen LogP) is 7.67. The maximum Gasteiger partial charge on any atom is 0.501 e. The summed E-state index contributed by atoms with van der Waals surface area (Å²) in [6.45, 7) is 16.5. The molecule has 0 bridgehead atoms. The monoisotopic (exact) mass is 642 g/mol. The first-order chi connectivity index (χ1) is 19.4. The zero-order valence-electron chi connectivity index (χ0n) is 26.2. The van der Waals surface area contributed by atoms with Crippen LogP contribution in [0.15, 0.2) is 0 Å². The fourth-order valence-electron chi connectivity index (χ4n) is 4.34. The normalized spacial score (nSPS) is 12.1. The molecule has 0 spiro atoms. The van der Waals surface area contributed by atoms with Gasteiger partial charge in [-0.15, -0.1) is 0 Å². The van der Waals surface area contributed by atoms with Crippen molar-refractivity contribution < 1.29 is 36.0 Å². The van der Waals surface area contributed by atoms with Crippen molar-refractivity contribution in [2.75, 3.05) is 52.9 Å². The van der Waals surface area contributed by atoms with E-state index in [0.717, 1.165) is 63.5 Å². The first kappa shape index (κ1) is 40.0. The summed E-state index contributed by atoms with van der Waals surface area (Å²) in [5, 5.41) is 1.39. The fraction of sp³-hybridized carbons (Fsp3) is 0.929. The molecule has 0 aromatic rings. The van der Waals surface area contributed by atoms with Crippen LogP contribution in [-0.2, 0) is 36.0 Å². The molecule has 0 rings (SSSR count). The molecule has 0 heterocycles. The van der Waals surface area contributed by atoms with Crippen molar-refractivity contribution in [1.29, 1.82) is 0 Å². The molecule has 8 nitrogen and oxygen atoms in total. The zero-order chi connectivity index (χ0) is 30.0. The molecule has 0 unspecified atom stereocenters. The Bertz CT molecular complexity index is 545. The van der Waals surface area contributed by atoms with Crippen molar-refractivity contribution in [3.8, 4) is 0 Å². The molecule has 0 saturated carbocycles. The van der Waals surface area contributed by atoms with Crippen molar-refractivity contribution in [3.63, 3.8) is 0 Å². The Hall–Kier alpha value is -0.0262. The number of hydrogen-bond donors (Lipinski definition) is 0. The van der Waals surface area contributed by atoms with E-state index in [1.807, 2.05) is 41.5 Å². The lowest BCUT2D eigenvalue weighted by Crippen LogP contribution is -2.46. The van der Waals surface area contributed by atoms with E-state index < -0.39 is 17.6 Å². The topological polar surface area (TPSA) is 73.8 Å². The third kappa shape index (κ3) is 20.0. The maximum absolute atomic E-state index is 5.89. The van der Waals surface area contributed by atoms with Crippen LogP contribution in [0.4, 0.5) is 0 Å². The third-order valence-electron chi connectivity index (χ3n) is 5.98. The third-order valence-corrected chi connectivity index (χ3v) is 12.9. The van der Waals surface area contributed by atoms with E-state index in [1.165, 1.54) is 12.8 Å². The van der Waals surface area contributed by atoms with Gasteiger partial charge in [0.15, 0.2) is 10.1 Å². The lowest BCUT2D eigenvalue weighted by Gasteiger charge is -2.28. The molecule has 0 aliphatic carbocycles. The Labute approximate surface area is 258 Å². The minimum Gasteiger partial charge on any atom is -0.487 e. The Kier molecular flexibility index (Phi) is 26.6. The lowest BCUT2D eigenvalue weighted by molar-refractivity contribution is 0.0688. The van der Waals surface area contributed by atoms with Gasteiger partial charge in [-0.25, -0.2) is 0 Å². The SMILES string of the molecule is CCO[Si](CCCOC(=S)CCCCCCCCC(=S)OCCC[Si](OCC)(OCC)OCC)(OCC)OCC. The average Bonchev–Trinajstić information content (AvgIpc) is 2.91. The number of unbranched alkanes of at least 4 members (excludes halogenated alkanes) is 5. The summed E-state index contributed by atoms with van der Waals surface area (Å²) >= 11 is 10.8. The Morgan fingerprint density at radius 2 is 0.700 bits per heavy atom. The van der Waals surface area contributed by atoms with Crippen LogP contribution in [0.1, 0.15) is 106 Å². The second-order valence-corrected chi connectivity index (χ2v) is 15.6. The van der Waals surface area contributed by atoms with E-state index in [1.54, 1.807) is 0 Å². The molecule has 0 aliphatic rings. The summed E-state index contributed by atoms with van der Waals surface area (Å²) in [6.07, 6.45) is 10.1. The molecular formula is C28H58O8S2Si2. The van der Waals surface area contributed by atoms with Gasteiger partial charge in [-0.2, -0.15) is 0 Å². The molecule has 0 fully saturated rings. The molecule has 0 N–H and O–H groups in total. The van der Waals surface area contributed by atoms with Gasteiger partial charge >= 0.3 is 17.6 Å². The molecular weight excluding hydrogens is 585 g/mol. The summed E-state index contributed by atoms with van der Waals surface area (Å²) in [5.41, 5.74) is 0. The van der Waals surface area contributed by atoms with Gasteiger partial charge in [0.1, 0.15) is 0 Å². The van der Waals surface area contributed by atoms with E-state index in [4.69, 9.17) is 60.5 Å². The van der Waals surface area contributed by atoms with Crippen LogP contribution >= 0.6 is 24.4 Å². The van der Waals surface area contributed by atoms with Crippen LogP contribution in [0.3, 0.4) is 0 Å². The number of rotatable bonds is 29. The van der Waals surface area contributed by atoms with Gasteiger partial charge in [-0.1, -0.05) is 25.7 Å². The van der Waals surface area contributed by atoms with Gasteiger partial charge in [0.2, 0.25) is 0 Å². The minimum absolute atomic E-state index is 0.581. The zero-order valence-corrected chi connectivity index (χ0v) is 29.9. The minimum atomic E-state index is -2.60. The summed E-state index contributed by atoms with van der Waals surface area (Å²) in [5.74, 6) is 0. The van der Waals surface area contributed by atoms with Crippen molar-refractivity contribution in [1.82, 2.24) is 0 Å². The summed E-state index contributed by atoms with van der Waals surface area (Å²) < 4.78 is 46.9. The van der Waals surface area contributed by atoms with Gasteiger partial charge in [0, 0.05) is 64.6 Å². The molecule has 0 atom stereocenters. The Morgan fingerprint density at radius 3 is 0.975 bits per heavy atom. The Balaban J connectivity index is 3.86. The highest BCUT2D eigenvalue weighted by atomic mass is 32.1. The largest absolute Gasteiger partial charge is 0.501 e.